The summed E-state index contributed by atoms with van der Waals surface area (Å²) in [5.74, 6) is 0.0524. The second-order valence-electron chi connectivity index (χ2n) is 7.29. The summed E-state index contributed by atoms with van der Waals surface area (Å²) in [4.78, 5) is 12.2. The van der Waals surface area contributed by atoms with Crippen LogP contribution in [0, 0.1) is 11.3 Å². The Bertz CT molecular complexity index is 1130. The molecule has 0 fully saturated rings. The van der Waals surface area contributed by atoms with Gasteiger partial charge in [-0.25, -0.2) is 4.79 Å². The number of halogens is 1. The highest BCUT2D eigenvalue weighted by molar-refractivity contribution is 6.32. The molecule has 0 saturated heterocycles. The molecule has 5 heteroatoms. The number of carbonyl (C=O) groups is 1. The van der Waals surface area contributed by atoms with E-state index < -0.39 is 6.09 Å². The first-order valence-electron chi connectivity index (χ1n) is 10.1. The van der Waals surface area contributed by atoms with Crippen LogP contribution in [0.15, 0.2) is 72.8 Å². The van der Waals surface area contributed by atoms with E-state index in [1.54, 1.807) is 18.2 Å². The van der Waals surface area contributed by atoms with Crippen molar-refractivity contribution < 1.29 is 9.53 Å². The number of nitrogens with one attached hydrogen (secondary N) is 1. The van der Waals surface area contributed by atoms with Crippen LogP contribution >= 0.6 is 11.6 Å². The van der Waals surface area contributed by atoms with Gasteiger partial charge in [0.25, 0.3) is 0 Å². The minimum Gasteiger partial charge on any atom is -0.449 e. The summed E-state index contributed by atoms with van der Waals surface area (Å²) in [5, 5.41) is 12.2. The summed E-state index contributed by atoms with van der Waals surface area (Å²) in [6.07, 6.45) is 4.02. The fraction of sp³-hybridized carbons (Fsp3) is 0.154. The van der Waals surface area contributed by atoms with Crippen molar-refractivity contribution in [3.63, 3.8) is 0 Å². The number of carbonyl (C=O) groups excluding carboxylic acids is 1. The number of ether oxygens (including phenoxy) is 1. The van der Waals surface area contributed by atoms with E-state index in [9.17, 15) is 4.79 Å². The molecule has 0 saturated carbocycles. The fourth-order valence-corrected chi connectivity index (χ4v) is 4.09. The van der Waals surface area contributed by atoms with E-state index in [4.69, 9.17) is 21.6 Å². The molecule has 0 bridgehead atoms. The maximum absolute atomic E-state index is 12.2. The zero-order chi connectivity index (χ0) is 21.6. The molecule has 0 unspecified atom stereocenters. The average Bonchev–Trinajstić information content (AvgIpc) is 3.12. The predicted molar refractivity (Wildman–Crippen MR) is 123 cm³/mol. The number of amides is 1. The van der Waals surface area contributed by atoms with Crippen molar-refractivity contribution in [2.45, 2.75) is 12.3 Å². The lowest BCUT2D eigenvalue weighted by molar-refractivity contribution is 0.143. The molecule has 0 radical (unpaired) electrons. The van der Waals surface area contributed by atoms with Gasteiger partial charge in [0.2, 0.25) is 0 Å². The first-order chi connectivity index (χ1) is 15.2. The molecule has 0 aliphatic heterocycles. The van der Waals surface area contributed by atoms with Crippen LogP contribution in [0.25, 0.3) is 17.2 Å². The molecule has 1 amide bonds. The van der Waals surface area contributed by atoms with E-state index in [-0.39, 0.29) is 5.92 Å². The minimum atomic E-state index is -0.424. The number of benzene rings is 3. The van der Waals surface area contributed by atoms with Crippen molar-refractivity contribution in [2.75, 3.05) is 13.2 Å². The summed E-state index contributed by atoms with van der Waals surface area (Å²) < 4.78 is 5.52. The molecule has 1 N–H and O–H groups in total. The lowest BCUT2D eigenvalue weighted by Gasteiger charge is -2.14. The molecule has 4 nitrogen and oxygen atoms in total. The van der Waals surface area contributed by atoms with E-state index in [1.165, 1.54) is 22.3 Å². The molecule has 154 valence electrons. The van der Waals surface area contributed by atoms with E-state index >= 15 is 0 Å². The lowest BCUT2D eigenvalue weighted by atomic mass is 9.98. The smallest absolute Gasteiger partial charge is 0.407 e. The Hall–Kier alpha value is -3.55. The van der Waals surface area contributed by atoms with Gasteiger partial charge in [-0.15, -0.1) is 0 Å². The number of hydrogen-bond donors (Lipinski definition) is 1. The molecule has 31 heavy (non-hydrogen) atoms. The van der Waals surface area contributed by atoms with Gasteiger partial charge in [-0.05, 0) is 46.4 Å². The van der Waals surface area contributed by atoms with Crippen LogP contribution in [0.2, 0.25) is 5.02 Å². The van der Waals surface area contributed by atoms with E-state index in [1.807, 2.05) is 36.4 Å². The van der Waals surface area contributed by atoms with Gasteiger partial charge in [-0.2, -0.15) is 5.26 Å². The predicted octanol–water partition coefficient (Wildman–Crippen LogP) is 6.15. The third-order valence-corrected chi connectivity index (χ3v) is 5.68. The Labute approximate surface area is 186 Å². The molecule has 3 aromatic carbocycles. The molecular formula is C26H21ClN2O2. The van der Waals surface area contributed by atoms with E-state index in [0.717, 1.165) is 5.56 Å². The molecule has 0 spiro atoms. The molecular weight excluding hydrogens is 408 g/mol. The zero-order valence-electron chi connectivity index (χ0n) is 16.8. The van der Waals surface area contributed by atoms with Crippen LogP contribution in [0.1, 0.15) is 34.6 Å². The van der Waals surface area contributed by atoms with Crippen LogP contribution in [0.4, 0.5) is 4.79 Å². The minimum absolute atomic E-state index is 0.0524. The largest absolute Gasteiger partial charge is 0.449 e. The molecule has 0 atom stereocenters. The SMILES string of the molecule is N#Cc1ccc(C=CCCNC(=O)OCC2c3ccccc3-c3ccccc32)c(Cl)c1. The molecule has 1 aliphatic carbocycles. The third kappa shape index (κ3) is 4.63. The van der Waals surface area contributed by atoms with Crippen molar-refractivity contribution in [1.82, 2.24) is 5.32 Å². The number of fused-ring (bicyclic) bond motifs is 3. The van der Waals surface area contributed by atoms with E-state index in [2.05, 4.69) is 35.7 Å². The second kappa shape index (κ2) is 9.51. The Morgan fingerprint density at radius 2 is 1.74 bits per heavy atom. The van der Waals surface area contributed by atoms with E-state index in [0.29, 0.717) is 30.2 Å². The Morgan fingerprint density at radius 1 is 1.06 bits per heavy atom. The number of nitriles is 1. The van der Waals surface area contributed by atoms with Gasteiger partial charge in [-0.1, -0.05) is 78.4 Å². The number of nitrogens with zero attached hydrogens (tertiary/aromatic N) is 1. The first-order valence-corrected chi connectivity index (χ1v) is 10.5. The molecule has 1 aliphatic rings. The van der Waals surface area contributed by atoms with Crippen LogP contribution in [-0.4, -0.2) is 19.2 Å². The lowest BCUT2D eigenvalue weighted by Crippen LogP contribution is -2.26. The highest BCUT2D eigenvalue weighted by Gasteiger charge is 2.28. The summed E-state index contributed by atoms with van der Waals surface area (Å²) in [7, 11) is 0. The summed E-state index contributed by atoms with van der Waals surface area (Å²) in [6, 6.07) is 23.7. The van der Waals surface area contributed by atoms with Crippen molar-refractivity contribution in [3.8, 4) is 17.2 Å². The average molecular weight is 429 g/mol. The van der Waals surface area contributed by atoms with Crippen molar-refractivity contribution in [1.29, 1.82) is 5.26 Å². The topological polar surface area (TPSA) is 62.1 Å². The first kappa shape index (κ1) is 20.7. The maximum Gasteiger partial charge on any atom is 0.407 e. The van der Waals surface area contributed by atoms with Gasteiger partial charge in [-0.3, -0.25) is 0 Å². The number of rotatable bonds is 6. The van der Waals surface area contributed by atoms with Crippen molar-refractivity contribution >= 4 is 23.8 Å². The van der Waals surface area contributed by atoms with Crippen LogP contribution < -0.4 is 5.32 Å². The van der Waals surface area contributed by atoms with Crippen LogP contribution in [0.5, 0.6) is 0 Å². The molecule has 3 aromatic rings. The molecule has 0 aromatic heterocycles. The summed E-state index contributed by atoms with van der Waals surface area (Å²) >= 11 is 6.15. The quantitative estimate of drug-likeness (QED) is 0.478. The molecule has 4 rings (SSSR count). The van der Waals surface area contributed by atoms with Crippen LogP contribution in [-0.2, 0) is 4.74 Å². The number of alkyl carbamates (subject to hydrolysis) is 1. The van der Waals surface area contributed by atoms with Crippen molar-refractivity contribution in [2.24, 2.45) is 0 Å². The number of hydrogen-bond acceptors (Lipinski definition) is 3. The standard InChI is InChI=1S/C26H21ClN2O2/c27-25-15-18(16-28)12-13-19(25)7-5-6-14-29-26(30)31-17-24-22-10-3-1-8-20(22)21-9-2-4-11-23(21)24/h1-5,7-13,15,24H,6,14,17H2,(H,29,30). The van der Waals surface area contributed by atoms with Gasteiger partial charge >= 0.3 is 6.09 Å². The monoisotopic (exact) mass is 428 g/mol. The summed E-state index contributed by atoms with van der Waals surface area (Å²) in [6.45, 7) is 0.762. The normalized spacial score (nSPS) is 12.3. The van der Waals surface area contributed by atoms with Gasteiger partial charge in [0, 0.05) is 17.5 Å². The Kier molecular flexibility index (Phi) is 6.35. The van der Waals surface area contributed by atoms with Gasteiger partial charge in [0.05, 0.1) is 11.6 Å². The fourth-order valence-electron chi connectivity index (χ4n) is 3.85. The second-order valence-corrected chi connectivity index (χ2v) is 7.70. The van der Waals surface area contributed by atoms with Gasteiger partial charge in [0.1, 0.15) is 6.61 Å². The van der Waals surface area contributed by atoms with Gasteiger partial charge < -0.3 is 10.1 Å². The molecule has 0 heterocycles. The summed E-state index contributed by atoms with van der Waals surface area (Å²) in [5.41, 5.74) is 6.16. The zero-order valence-corrected chi connectivity index (χ0v) is 17.6. The van der Waals surface area contributed by atoms with Crippen molar-refractivity contribution in [3.05, 3.63) is 100 Å². The Balaban J connectivity index is 1.27. The van der Waals surface area contributed by atoms with Gasteiger partial charge in [0.15, 0.2) is 0 Å². The highest BCUT2D eigenvalue weighted by atomic mass is 35.5. The highest BCUT2D eigenvalue weighted by Crippen LogP contribution is 2.44. The third-order valence-electron chi connectivity index (χ3n) is 5.35. The Morgan fingerprint density at radius 3 is 2.39 bits per heavy atom. The maximum atomic E-state index is 12.2. The van der Waals surface area contributed by atoms with Crippen LogP contribution in [0.3, 0.4) is 0 Å².